The van der Waals surface area contributed by atoms with Crippen LogP contribution in [0.25, 0.3) is 0 Å². The van der Waals surface area contributed by atoms with Gasteiger partial charge in [0.1, 0.15) is 0 Å². The van der Waals surface area contributed by atoms with E-state index in [-0.39, 0.29) is 23.6 Å². The van der Waals surface area contributed by atoms with Crippen LogP contribution in [0.1, 0.15) is 69.2 Å². The first-order valence-corrected chi connectivity index (χ1v) is 9.37. The van der Waals surface area contributed by atoms with Crippen molar-refractivity contribution in [2.45, 2.75) is 64.8 Å². The van der Waals surface area contributed by atoms with E-state index in [1.54, 1.807) is 31.2 Å². The predicted octanol–water partition coefficient (Wildman–Crippen LogP) is 4.00. The molecule has 5 nitrogen and oxygen atoms in total. The molecule has 1 saturated carbocycles. The molecule has 0 saturated heterocycles. The molecule has 0 radical (unpaired) electrons. The number of amides is 2. The summed E-state index contributed by atoms with van der Waals surface area (Å²) >= 11 is 0. The van der Waals surface area contributed by atoms with Crippen LogP contribution >= 0.6 is 0 Å². The van der Waals surface area contributed by atoms with Crippen LogP contribution in [0.3, 0.4) is 0 Å². The number of nitrogens with one attached hydrogen (secondary N) is 2. The van der Waals surface area contributed by atoms with Crippen LogP contribution < -0.4 is 10.6 Å². The Hall–Kier alpha value is -2.43. The second kappa shape index (κ2) is 9.90. The molecular formula is C21H28N2O3. The summed E-state index contributed by atoms with van der Waals surface area (Å²) in [7, 11) is 0. The highest BCUT2D eigenvalue weighted by Crippen LogP contribution is 2.17. The third-order valence-corrected chi connectivity index (χ3v) is 4.71. The van der Waals surface area contributed by atoms with Crippen LogP contribution in [0.15, 0.2) is 35.9 Å². The molecule has 2 rings (SSSR count). The number of carbonyl (C=O) groups excluding carboxylic acids is 3. The summed E-state index contributed by atoms with van der Waals surface area (Å²) < 4.78 is 0. The Labute approximate surface area is 155 Å². The minimum absolute atomic E-state index is 0.0233. The van der Waals surface area contributed by atoms with E-state index in [2.05, 4.69) is 10.6 Å². The third kappa shape index (κ3) is 6.47. The average Bonchev–Trinajstić information content (AvgIpc) is 2.57. The first-order valence-electron chi connectivity index (χ1n) is 9.37. The Bertz CT molecular complexity index is 669. The van der Waals surface area contributed by atoms with Crippen molar-refractivity contribution in [1.29, 1.82) is 0 Å². The molecule has 0 aliphatic heterocycles. The molecule has 140 valence electrons. The summed E-state index contributed by atoms with van der Waals surface area (Å²) in [5.41, 5.74) is 1.53. The van der Waals surface area contributed by atoms with Gasteiger partial charge in [-0.2, -0.15) is 0 Å². The monoisotopic (exact) mass is 356 g/mol. The van der Waals surface area contributed by atoms with Gasteiger partial charge in [-0.15, -0.1) is 0 Å². The lowest BCUT2D eigenvalue weighted by atomic mass is 9.97. The molecule has 0 unspecified atom stereocenters. The van der Waals surface area contributed by atoms with E-state index in [4.69, 9.17) is 0 Å². The van der Waals surface area contributed by atoms with E-state index in [1.165, 1.54) is 32.3 Å². The lowest BCUT2D eigenvalue weighted by Crippen LogP contribution is -2.34. The van der Waals surface area contributed by atoms with Crippen LogP contribution in [0.4, 0.5) is 5.69 Å². The van der Waals surface area contributed by atoms with Crippen molar-refractivity contribution < 1.29 is 14.4 Å². The van der Waals surface area contributed by atoms with Gasteiger partial charge in [0.2, 0.25) is 5.91 Å². The quantitative estimate of drug-likeness (QED) is 0.618. The summed E-state index contributed by atoms with van der Waals surface area (Å²) in [4.78, 5) is 35.7. The molecule has 1 fully saturated rings. The highest BCUT2D eigenvalue weighted by molar-refractivity contribution is 6.07. The molecule has 2 amide bonds. The Morgan fingerprint density at radius 1 is 0.923 bits per heavy atom. The predicted molar refractivity (Wildman–Crippen MR) is 103 cm³/mol. The molecule has 0 bridgehead atoms. The number of anilines is 1. The SMILES string of the molecule is CC(=O)c1ccc(NC(=O)/C(C)=C\C(=O)NC2CCCCCCC2)cc1. The molecule has 5 heteroatoms. The molecular weight excluding hydrogens is 328 g/mol. The van der Waals surface area contributed by atoms with Crippen LogP contribution in [0.5, 0.6) is 0 Å². The molecule has 0 spiro atoms. The second-order valence-corrected chi connectivity index (χ2v) is 6.97. The number of hydrogen-bond donors (Lipinski definition) is 2. The topological polar surface area (TPSA) is 75.3 Å². The van der Waals surface area contributed by atoms with Gasteiger partial charge in [-0.25, -0.2) is 0 Å². The van der Waals surface area contributed by atoms with Gasteiger partial charge in [0, 0.05) is 28.9 Å². The summed E-state index contributed by atoms with van der Waals surface area (Å²) in [5.74, 6) is -0.562. The maximum atomic E-state index is 12.2. The maximum absolute atomic E-state index is 12.2. The zero-order valence-electron chi connectivity index (χ0n) is 15.6. The molecule has 0 aromatic heterocycles. The first kappa shape index (κ1) is 19.9. The molecule has 1 aliphatic rings. The van der Waals surface area contributed by atoms with E-state index >= 15 is 0 Å². The summed E-state index contributed by atoms with van der Waals surface area (Å²) in [6.45, 7) is 3.12. The first-order chi connectivity index (χ1) is 12.5. The van der Waals surface area contributed by atoms with Crippen molar-refractivity contribution in [3.8, 4) is 0 Å². The number of ketones is 1. The van der Waals surface area contributed by atoms with Gasteiger partial charge in [-0.1, -0.05) is 32.1 Å². The van der Waals surface area contributed by atoms with Gasteiger partial charge >= 0.3 is 0 Å². The molecule has 0 atom stereocenters. The zero-order chi connectivity index (χ0) is 18.9. The van der Waals surface area contributed by atoms with Crippen molar-refractivity contribution in [3.63, 3.8) is 0 Å². The van der Waals surface area contributed by atoms with Crippen molar-refractivity contribution >= 4 is 23.3 Å². The fourth-order valence-corrected chi connectivity index (χ4v) is 3.12. The molecule has 1 aromatic rings. The molecule has 1 aromatic carbocycles. The van der Waals surface area contributed by atoms with E-state index in [1.807, 2.05) is 0 Å². The van der Waals surface area contributed by atoms with Crippen LogP contribution in [0.2, 0.25) is 0 Å². The third-order valence-electron chi connectivity index (χ3n) is 4.71. The number of carbonyl (C=O) groups is 3. The van der Waals surface area contributed by atoms with Crippen molar-refractivity contribution in [1.82, 2.24) is 5.32 Å². The average molecular weight is 356 g/mol. The summed E-state index contributed by atoms with van der Waals surface area (Å²) in [6, 6.07) is 6.89. The number of hydrogen-bond acceptors (Lipinski definition) is 3. The molecule has 1 aliphatic carbocycles. The Morgan fingerprint density at radius 2 is 1.50 bits per heavy atom. The van der Waals surface area contributed by atoms with Crippen LogP contribution in [-0.4, -0.2) is 23.6 Å². The largest absolute Gasteiger partial charge is 0.350 e. The standard InChI is InChI=1S/C21H28N2O3/c1-15(14-20(25)22-18-8-6-4-3-5-7-9-18)21(26)23-19-12-10-17(11-13-19)16(2)24/h10-14,18H,3-9H2,1-2H3,(H,22,25)(H,23,26)/b15-14-. The highest BCUT2D eigenvalue weighted by Gasteiger charge is 2.14. The smallest absolute Gasteiger partial charge is 0.251 e. The summed E-state index contributed by atoms with van der Waals surface area (Å²) in [6.07, 6.45) is 9.40. The van der Waals surface area contributed by atoms with Crippen LogP contribution in [-0.2, 0) is 9.59 Å². The van der Waals surface area contributed by atoms with E-state index in [0.717, 1.165) is 25.7 Å². The number of benzene rings is 1. The molecule has 2 N–H and O–H groups in total. The second-order valence-electron chi connectivity index (χ2n) is 6.97. The Kier molecular flexibility index (Phi) is 7.57. The van der Waals surface area contributed by atoms with E-state index in [0.29, 0.717) is 16.8 Å². The van der Waals surface area contributed by atoms with E-state index in [9.17, 15) is 14.4 Å². The van der Waals surface area contributed by atoms with Crippen molar-refractivity contribution in [2.24, 2.45) is 0 Å². The molecule has 0 heterocycles. The normalized spacial score (nSPS) is 16.3. The van der Waals surface area contributed by atoms with Gasteiger partial charge in [-0.05, 0) is 51.0 Å². The van der Waals surface area contributed by atoms with Gasteiger partial charge in [0.15, 0.2) is 5.78 Å². The van der Waals surface area contributed by atoms with E-state index < -0.39 is 0 Å². The van der Waals surface area contributed by atoms with Gasteiger partial charge in [0.05, 0.1) is 0 Å². The number of rotatable bonds is 5. The fourth-order valence-electron chi connectivity index (χ4n) is 3.12. The van der Waals surface area contributed by atoms with Crippen molar-refractivity contribution in [3.05, 3.63) is 41.5 Å². The molecule has 26 heavy (non-hydrogen) atoms. The minimum Gasteiger partial charge on any atom is -0.350 e. The van der Waals surface area contributed by atoms with Crippen molar-refractivity contribution in [2.75, 3.05) is 5.32 Å². The highest BCUT2D eigenvalue weighted by atomic mass is 16.2. The maximum Gasteiger partial charge on any atom is 0.251 e. The van der Waals surface area contributed by atoms with Gasteiger partial charge < -0.3 is 10.6 Å². The van der Waals surface area contributed by atoms with Gasteiger partial charge in [-0.3, -0.25) is 14.4 Å². The minimum atomic E-state index is -0.326. The summed E-state index contributed by atoms with van der Waals surface area (Å²) in [5, 5.41) is 5.76. The zero-order valence-corrected chi connectivity index (χ0v) is 15.6. The lowest BCUT2D eigenvalue weighted by Gasteiger charge is -2.20. The lowest BCUT2D eigenvalue weighted by molar-refractivity contribution is -0.118. The Morgan fingerprint density at radius 3 is 2.08 bits per heavy atom. The number of Topliss-reactive ketones (excluding diaryl/α,β-unsaturated/α-hetero) is 1. The fraction of sp³-hybridized carbons (Fsp3) is 0.476. The Balaban J connectivity index is 1.89. The van der Waals surface area contributed by atoms with Gasteiger partial charge in [0.25, 0.3) is 5.91 Å². The van der Waals surface area contributed by atoms with Crippen LogP contribution in [0, 0.1) is 0 Å².